The predicted octanol–water partition coefficient (Wildman–Crippen LogP) is 9.96. The van der Waals surface area contributed by atoms with Crippen molar-refractivity contribution in [2.45, 2.75) is 13.8 Å². The van der Waals surface area contributed by atoms with Crippen LogP contribution >= 0.6 is 0 Å². The van der Waals surface area contributed by atoms with Crippen molar-refractivity contribution in [1.29, 1.82) is 5.26 Å². The molecule has 0 N–H and O–H groups in total. The summed E-state index contributed by atoms with van der Waals surface area (Å²) < 4.78 is 2.08. The number of imide groups is 1. The number of nitrogens with zero attached hydrogens (tertiary/aromatic N) is 4. The van der Waals surface area contributed by atoms with Crippen molar-refractivity contribution in [2.75, 3.05) is 4.90 Å². The van der Waals surface area contributed by atoms with Gasteiger partial charge >= 0.3 is 0 Å². The minimum absolute atomic E-state index is 0.344. The molecule has 48 heavy (non-hydrogen) atoms. The van der Waals surface area contributed by atoms with E-state index in [1.807, 2.05) is 80.6 Å². The lowest BCUT2D eigenvalue weighted by Gasteiger charge is -2.15. The zero-order valence-electron chi connectivity index (χ0n) is 26.2. The smallest absolute Gasteiger partial charge is 0.268 e. The maximum absolute atomic E-state index is 14.1. The summed E-state index contributed by atoms with van der Waals surface area (Å²) in [6, 6.07) is 40.7. The first kappa shape index (κ1) is 28.7. The van der Waals surface area contributed by atoms with Gasteiger partial charge < -0.3 is 4.57 Å². The Bertz CT molecular complexity index is 2480. The third kappa shape index (κ3) is 4.32. The van der Waals surface area contributed by atoms with Gasteiger partial charge in [-0.25, -0.2) is 9.74 Å². The Balaban J connectivity index is 1.39. The summed E-state index contributed by atoms with van der Waals surface area (Å²) in [5.74, 6) is -0.702. The van der Waals surface area contributed by atoms with Gasteiger partial charge in [-0.15, -0.1) is 0 Å². The van der Waals surface area contributed by atoms with Crippen molar-refractivity contribution in [3.8, 4) is 34.0 Å². The third-order valence-corrected chi connectivity index (χ3v) is 9.23. The minimum atomic E-state index is -0.358. The number of benzene rings is 6. The molecule has 1 aromatic heterocycles. The van der Waals surface area contributed by atoms with E-state index in [4.69, 9.17) is 6.57 Å². The molecule has 2 heterocycles. The second kappa shape index (κ2) is 10.9. The summed E-state index contributed by atoms with van der Waals surface area (Å²) in [7, 11) is 0. The molecule has 0 unspecified atom stereocenters. The predicted molar refractivity (Wildman–Crippen MR) is 190 cm³/mol. The Morgan fingerprint density at radius 2 is 1.29 bits per heavy atom. The van der Waals surface area contributed by atoms with Crippen LogP contribution in [0.2, 0.25) is 0 Å². The fraction of sp³-hybridized carbons (Fsp3) is 0.0476. The van der Waals surface area contributed by atoms with Gasteiger partial charge in [-0.3, -0.25) is 9.59 Å². The topological polar surface area (TPSA) is 70.5 Å². The average Bonchev–Trinajstić information content (AvgIpc) is 3.58. The van der Waals surface area contributed by atoms with E-state index >= 15 is 0 Å². The van der Waals surface area contributed by atoms with E-state index in [1.165, 1.54) is 4.90 Å². The molecule has 8 rings (SSSR count). The summed E-state index contributed by atoms with van der Waals surface area (Å²) in [6.45, 7) is 11.4. The zero-order chi connectivity index (χ0) is 33.1. The van der Waals surface area contributed by atoms with Crippen LogP contribution in [0.1, 0.15) is 37.4 Å². The highest BCUT2D eigenvalue weighted by Crippen LogP contribution is 2.41. The van der Waals surface area contributed by atoms with Crippen LogP contribution in [0, 0.1) is 31.8 Å². The first-order valence-corrected chi connectivity index (χ1v) is 15.5. The molecule has 6 nitrogen and oxygen atoms in total. The molecular weight excluding hydrogens is 592 g/mol. The molecular formula is C42H26N4O2. The largest absolute Gasteiger partial charge is 0.308 e. The fourth-order valence-electron chi connectivity index (χ4n) is 6.98. The van der Waals surface area contributed by atoms with Crippen LogP contribution < -0.4 is 4.90 Å². The lowest BCUT2D eigenvalue weighted by Crippen LogP contribution is -2.29. The number of aromatic nitrogens is 1. The maximum atomic E-state index is 14.1. The molecule has 1 aliphatic heterocycles. The van der Waals surface area contributed by atoms with Crippen molar-refractivity contribution >= 4 is 45.0 Å². The van der Waals surface area contributed by atoms with Crippen molar-refractivity contribution in [2.24, 2.45) is 0 Å². The Morgan fingerprint density at radius 3 is 1.90 bits per heavy atom. The molecule has 0 atom stereocenters. The molecule has 0 fully saturated rings. The SMILES string of the molecule is [C-]#[N+]c1ccc(-c2ccc3c(c2)c2cc(-c4ccc(C#N)cc4C)ccc2n3-c2cccc3c2C(=O)N(c2ccccc2)C3=O)c(C)c1. The molecule has 6 aromatic carbocycles. The Hall–Kier alpha value is -6.76. The quantitative estimate of drug-likeness (QED) is 0.146. The standard InChI is InChI=1S/C42H26N4O2/c1-25-20-27(24-43)12-16-32(25)28-13-18-37-35(22-28)36-23-29(33-17-15-30(44-3)21-26(33)2)14-19-38(36)46(37)39-11-7-10-34-40(39)42(48)45(41(34)47)31-8-5-4-6-9-31/h4-23H,1-2H3. The molecule has 6 heteroatoms. The maximum Gasteiger partial charge on any atom is 0.268 e. The number of fused-ring (bicyclic) bond motifs is 4. The summed E-state index contributed by atoms with van der Waals surface area (Å²) in [4.78, 5) is 32.6. The van der Waals surface area contributed by atoms with Gasteiger partial charge in [-0.2, -0.15) is 5.26 Å². The summed E-state index contributed by atoms with van der Waals surface area (Å²) in [5, 5.41) is 11.4. The minimum Gasteiger partial charge on any atom is -0.308 e. The van der Waals surface area contributed by atoms with Crippen molar-refractivity contribution in [3.63, 3.8) is 0 Å². The van der Waals surface area contributed by atoms with Crippen LogP contribution in [0.15, 0.2) is 121 Å². The number of aryl methyl sites for hydroxylation is 2. The van der Waals surface area contributed by atoms with E-state index in [0.717, 1.165) is 55.2 Å². The first-order chi connectivity index (χ1) is 23.4. The second-order valence-electron chi connectivity index (χ2n) is 12.0. The summed E-state index contributed by atoms with van der Waals surface area (Å²) in [6.07, 6.45) is 0. The van der Waals surface area contributed by atoms with Crippen molar-refractivity contribution in [1.82, 2.24) is 4.57 Å². The van der Waals surface area contributed by atoms with Gasteiger partial charge in [0.1, 0.15) is 0 Å². The Labute approximate surface area is 277 Å². The number of hydrogen-bond donors (Lipinski definition) is 0. The van der Waals surface area contributed by atoms with E-state index in [-0.39, 0.29) is 11.8 Å². The molecule has 226 valence electrons. The molecule has 0 radical (unpaired) electrons. The highest BCUT2D eigenvalue weighted by atomic mass is 16.2. The monoisotopic (exact) mass is 618 g/mol. The first-order valence-electron chi connectivity index (χ1n) is 15.5. The average molecular weight is 619 g/mol. The highest BCUT2D eigenvalue weighted by molar-refractivity contribution is 6.35. The number of amides is 2. The third-order valence-electron chi connectivity index (χ3n) is 9.23. The van der Waals surface area contributed by atoms with Gasteiger partial charge in [0.05, 0.1) is 51.7 Å². The van der Waals surface area contributed by atoms with Crippen molar-refractivity contribution < 1.29 is 9.59 Å². The highest BCUT2D eigenvalue weighted by Gasteiger charge is 2.39. The van der Waals surface area contributed by atoms with Gasteiger partial charge in [0.25, 0.3) is 11.8 Å². The van der Waals surface area contributed by atoms with E-state index in [0.29, 0.717) is 33.8 Å². The van der Waals surface area contributed by atoms with Crippen LogP contribution in [0.25, 0.3) is 54.6 Å². The Kier molecular flexibility index (Phi) is 6.54. The normalized spacial score (nSPS) is 12.4. The molecule has 0 saturated carbocycles. The number of rotatable bonds is 4. The lowest BCUT2D eigenvalue weighted by molar-refractivity contribution is 0.0926. The van der Waals surface area contributed by atoms with Crippen LogP contribution in [-0.2, 0) is 0 Å². The van der Waals surface area contributed by atoms with Gasteiger partial charge in [0.15, 0.2) is 5.69 Å². The number of para-hydroxylation sites is 1. The van der Waals surface area contributed by atoms with Gasteiger partial charge in [0, 0.05) is 10.8 Å². The summed E-state index contributed by atoms with van der Waals surface area (Å²) in [5.41, 5.74) is 11.0. The van der Waals surface area contributed by atoms with Crippen LogP contribution in [0.4, 0.5) is 11.4 Å². The van der Waals surface area contributed by atoms with Crippen LogP contribution in [0.5, 0.6) is 0 Å². The second-order valence-corrected chi connectivity index (χ2v) is 12.0. The fourth-order valence-corrected chi connectivity index (χ4v) is 6.98. The van der Waals surface area contributed by atoms with Gasteiger partial charge in [-0.1, -0.05) is 66.2 Å². The molecule has 7 aromatic rings. The molecule has 0 aliphatic carbocycles. The van der Waals surface area contributed by atoms with Gasteiger partial charge in [-0.05, 0) is 102 Å². The van der Waals surface area contributed by atoms with Crippen molar-refractivity contribution in [3.05, 3.63) is 161 Å². The number of anilines is 1. The number of carbonyl (C=O) groups is 2. The van der Waals surface area contributed by atoms with Crippen LogP contribution in [0.3, 0.4) is 0 Å². The van der Waals surface area contributed by atoms with Gasteiger partial charge in [0.2, 0.25) is 0 Å². The van der Waals surface area contributed by atoms with E-state index in [1.54, 1.807) is 18.2 Å². The molecule has 0 saturated heterocycles. The number of nitriles is 1. The molecule has 0 spiro atoms. The van der Waals surface area contributed by atoms with Crippen LogP contribution in [-0.4, -0.2) is 16.4 Å². The number of carbonyl (C=O) groups excluding carboxylic acids is 2. The molecule has 1 aliphatic rings. The van der Waals surface area contributed by atoms with E-state index in [9.17, 15) is 14.9 Å². The van der Waals surface area contributed by atoms with E-state index < -0.39 is 0 Å². The van der Waals surface area contributed by atoms with E-state index in [2.05, 4.69) is 51.9 Å². The Morgan fingerprint density at radius 1 is 0.646 bits per heavy atom. The zero-order valence-corrected chi connectivity index (χ0v) is 26.2. The molecule has 2 amide bonds. The summed E-state index contributed by atoms with van der Waals surface area (Å²) >= 11 is 0. The number of hydrogen-bond acceptors (Lipinski definition) is 3. The molecule has 0 bridgehead atoms. The lowest BCUT2D eigenvalue weighted by atomic mass is 9.96.